The zero-order valence-electron chi connectivity index (χ0n) is 16.2. The van der Waals surface area contributed by atoms with Gasteiger partial charge in [-0.3, -0.25) is 0 Å². The van der Waals surface area contributed by atoms with Crippen molar-refractivity contribution in [1.29, 1.82) is 0 Å². The second kappa shape index (κ2) is 5.90. The molecule has 0 spiro atoms. The molecule has 0 amide bonds. The van der Waals surface area contributed by atoms with E-state index in [4.69, 9.17) is 17.4 Å². The monoisotopic (exact) mass is 372 g/mol. The molecule has 5 aliphatic rings. The average molecular weight is 373 g/mol. The number of thiol groups is 1. The van der Waals surface area contributed by atoms with Crippen LogP contribution in [0.2, 0.25) is 0 Å². The molecule has 1 heterocycles. The highest BCUT2D eigenvalue weighted by atomic mass is 32.1. The number of cyclic esters (lactones) is 1. The van der Waals surface area contributed by atoms with Gasteiger partial charge in [-0.05, 0) is 91.4 Å². The van der Waals surface area contributed by atoms with Crippen LogP contribution in [0, 0.1) is 34.5 Å². The van der Waals surface area contributed by atoms with Crippen LogP contribution >= 0.6 is 12.6 Å². The van der Waals surface area contributed by atoms with E-state index in [0.717, 1.165) is 24.2 Å². The second-order valence-electron chi connectivity index (χ2n) is 10.2. The van der Waals surface area contributed by atoms with Crippen molar-refractivity contribution in [3.05, 3.63) is 23.3 Å². The van der Waals surface area contributed by atoms with Crippen LogP contribution in [0.15, 0.2) is 23.3 Å². The molecule has 3 heteroatoms. The lowest BCUT2D eigenvalue weighted by Crippen LogP contribution is -2.51. The van der Waals surface area contributed by atoms with Crippen LogP contribution in [-0.2, 0) is 9.53 Å². The van der Waals surface area contributed by atoms with Crippen molar-refractivity contribution in [3.63, 3.8) is 0 Å². The number of hydrogen-bond acceptors (Lipinski definition) is 3. The molecule has 5 rings (SSSR count). The standard InChI is InChI=1S/C23H32O2S/c1-22-9-7-16(26)12-15(22)3-4-17-19-6-5-18(14-11-21(24)25-13-14)23(19,2)10-8-20(17)22/h6,11,15-18,20,26H,3-5,7-10,12-13H2,1-2H3/t15-,16+,17?,18-,20?,22+,23-/m1/s1. The van der Waals surface area contributed by atoms with E-state index >= 15 is 0 Å². The predicted octanol–water partition coefficient (Wildman–Crippen LogP) is 5.35. The minimum Gasteiger partial charge on any atom is -0.458 e. The van der Waals surface area contributed by atoms with Gasteiger partial charge in [0.05, 0.1) is 0 Å². The molecule has 1 aliphatic heterocycles. The molecule has 3 saturated carbocycles. The Kier molecular flexibility index (Phi) is 3.95. The van der Waals surface area contributed by atoms with Crippen molar-refractivity contribution in [1.82, 2.24) is 0 Å². The molecule has 0 saturated heterocycles. The highest BCUT2D eigenvalue weighted by Gasteiger charge is 2.57. The number of allylic oxidation sites excluding steroid dienone is 2. The topological polar surface area (TPSA) is 26.3 Å². The van der Waals surface area contributed by atoms with Gasteiger partial charge < -0.3 is 4.74 Å². The van der Waals surface area contributed by atoms with Gasteiger partial charge in [-0.25, -0.2) is 4.79 Å². The minimum absolute atomic E-state index is 0.137. The lowest BCUT2D eigenvalue weighted by atomic mass is 9.46. The van der Waals surface area contributed by atoms with E-state index in [1.54, 1.807) is 11.6 Å². The predicted molar refractivity (Wildman–Crippen MR) is 107 cm³/mol. The highest BCUT2D eigenvalue weighted by molar-refractivity contribution is 7.80. The maximum atomic E-state index is 11.6. The smallest absolute Gasteiger partial charge is 0.331 e. The van der Waals surface area contributed by atoms with Gasteiger partial charge in [0.2, 0.25) is 0 Å². The van der Waals surface area contributed by atoms with Gasteiger partial charge in [-0.1, -0.05) is 25.5 Å². The summed E-state index contributed by atoms with van der Waals surface area (Å²) in [7, 11) is 0. The summed E-state index contributed by atoms with van der Waals surface area (Å²) in [4.78, 5) is 11.6. The van der Waals surface area contributed by atoms with Gasteiger partial charge >= 0.3 is 5.97 Å². The summed E-state index contributed by atoms with van der Waals surface area (Å²) in [5, 5.41) is 0.625. The molecule has 0 aromatic heterocycles. The molecule has 142 valence electrons. The molecule has 0 N–H and O–H groups in total. The molecular weight excluding hydrogens is 340 g/mol. The molecule has 3 fully saturated rings. The summed E-state index contributed by atoms with van der Waals surface area (Å²) < 4.78 is 5.24. The third-order valence-corrected chi connectivity index (χ3v) is 9.64. The van der Waals surface area contributed by atoms with E-state index in [1.807, 2.05) is 0 Å². The Labute approximate surface area is 163 Å². The number of ether oxygens (including phenoxy) is 1. The Hall–Kier alpha value is -0.700. The van der Waals surface area contributed by atoms with Crippen LogP contribution in [0.1, 0.15) is 65.2 Å². The lowest BCUT2D eigenvalue weighted by Gasteiger charge is -2.59. The minimum atomic E-state index is -0.137. The summed E-state index contributed by atoms with van der Waals surface area (Å²) in [6.45, 7) is 5.61. The van der Waals surface area contributed by atoms with E-state index in [-0.39, 0.29) is 11.4 Å². The van der Waals surface area contributed by atoms with Crippen molar-refractivity contribution in [2.75, 3.05) is 6.61 Å². The second-order valence-corrected chi connectivity index (χ2v) is 10.9. The molecule has 0 bridgehead atoms. The third-order valence-electron chi connectivity index (χ3n) is 9.17. The zero-order chi connectivity index (χ0) is 18.1. The highest BCUT2D eigenvalue weighted by Crippen LogP contribution is 2.66. The van der Waals surface area contributed by atoms with E-state index in [2.05, 4.69) is 19.9 Å². The van der Waals surface area contributed by atoms with E-state index in [0.29, 0.717) is 23.2 Å². The molecule has 0 aromatic carbocycles. The molecule has 7 atom stereocenters. The van der Waals surface area contributed by atoms with Gasteiger partial charge in [0, 0.05) is 11.3 Å². The van der Waals surface area contributed by atoms with E-state index in [1.165, 1.54) is 50.5 Å². The summed E-state index contributed by atoms with van der Waals surface area (Å²) in [6.07, 6.45) is 14.8. The maximum Gasteiger partial charge on any atom is 0.331 e. The first-order valence-corrected chi connectivity index (χ1v) is 11.2. The lowest BCUT2D eigenvalue weighted by molar-refractivity contribution is -0.135. The Balaban J connectivity index is 1.43. The third kappa shape index (κ3) is 2.34. The molecule has 4 aliphatic carbocycles. The summed E-state index contributed by atoms with van der Waals surface area (Å²) in [6, 6.07) is 0. The fraction of sp³-hybridized carbons (Fsp3) is 0.783. The molecule has 0 radical (unpaired) electrons. The van der Waals surface area contributed by atoms with Gasteiger partial charge in [-0.15, -0.1) is 0 Å². The fourth-order valence-electron chi connectivity index (χ4n) is 7.72. The van der Waals surface area contributed by atoms with Crippen molar-refractivity contribution in [3.8, 4) is 0 Å². The first kappa shape index (κ1) is 17.4. The summed E-state index contributed by atoms with van der Waals surface area (Å²) in [5.41, 5.74) is 3.77. The van der Waals surface area contributed by atoms with Crippen LogP contribution < -0.4 is 0 Å². The largest absolute Gasteiger partial charge is 0.458 e. The van der Waals surface area contributed by atoms with Gasteiger partial charge in [0.25, 0.3) is 0 Å². The van der Waals surface area contributed by atoms with E-state index < -0.39 is 0 Å². The number of carbonyl (C=O) groups excluding carboxylic acids is 1. The number of fused-ring (bicyclic) bond motifs is 5. The average Bonchev–Trinajstić information content (AvgIpc) is 3.18. The normalized spacial score (nSPS) is 50.3. The molecule has 26 heavy (non-hydrogen) atoms. The molecule has 2 nitrogen and oxygen atoms in total. The maximum absolute atomic E-state index is 11.6. The summed E-state index contributed by atoms with van der Waals surface area (Å²) in [5.74, 6) is 2.86. The van der Waals surface area contributed by atoms with Crippen LogP contribution in [-0.4, -0.2) is 17.8 Å². The van der Waals surface area contributed by atoms with Gasteiger partial charge in [0.15, 0.2) is 0 Å². The first-order chi connectivity index (χ1) is 12.4. The molecular formula is C23H32O2S. The van der Waals surface area contributed by atoms with Crippen LogP contribution in [0.5, 0.6) is 0 Å². The Bertz CT molecular complexity index is 694. The van der Waals surface area contributed by atoms with E-state index in [9.17, 15) is 4.79 Å². The van der Waals surface area contributed by atoms with Gasteiger partial charge in [-0.2, -0.15) is 12.6 Å². The quantitative estimate of drug-likeness (QED) is 0.382. The SMILES string of the molecule is C[C@]12CCC3C(CC[C@@H]4C[C@@H](S)CC[C@]34C)C1=CC[C@@H]2C1=CC(=O)OC1. The molecule has 0 aromatic rings. The van der Waals surface area contributed by atoms with Crippen molar-refractivity contribution < 1.29 is 9.53 Å². The Morgan fingerprint density at radius 2 is 2.00 bits per heavy atom. The number of hydrogen-bond donors (Lipinski definition) is 1. The number of carbonyl (C=O) groups is 1. The number of rotatable bonds is 1. The summed E-state index contributed by atoms with van der Waals surface area (Å²) >= 11 is 4.82. The zero-order valence-corrected chi connectivity index (χ0v) is 17.1. The van der Waals surface area contributed by atoms with Crippen molar-refractivity contribution >= 4 is 18.6 Å². The van der Waals surface area contributed by atoms with Gasteiger partial charge in [0.1, 0.15) is 6.61 Å². The van der Waals surface area contributed by atoms with Crippen molar-refractivity contribution in [2.24, 2.45) is 34.5 Å². The number of esters is 1. The van der Waals surface area contributed by atoms with Crippen LogP contribution in [0.3, 0.4) is 0 Å². The van der Waals surface area contributed by atoms with Crippen molar-refractivity contribution in [2.45, 2.75) is 70.5 Å². The van der Waals surface area contributed by atoms with Crippen LogP contribution in [0.25, 0.3) is 0 Å². The van der Waals surface area contributed by atoms with Crippen LogP contribution in [0.4, 0.5) is 0 Å². The fourth-order valence-corrected chi connectivity index (χ4v) is 8.10. The Morgan fingerprint density at radius 3 is 2.77 bits per heavy atom. The first-order valence-electron chi connectivity index (χ1n) is 10.7. The Morgan fingerprint density at radius 1 is 1.15 bits per heavy atom. The molecule has 2 unspecified atom stereocenters.